The molecule has 0 radical (unpaired) electrons. The lowest BCUT2D eigenvalue weighted by molar-refractivity contribution is 0.136. The van der Waals surface area contributed by atoms with Gasteiger partial charge in [0.05, 0.1) is 0 Å². The maximum Gasteiger partial charge on any atom is 0.127 e. The third-order valence-electron chi connectivity index (χ3n) is 4.96. The van der Waals surface area contributed by atoms with Crippen molar-refractivity contribution in [2.45, 2.75) is 78.0 Å². The first kappa shape index (κ1) is 14.9. The van der Waals surface area contributed by atoms with E-state index in [9.17, 15) is 0 Å². The summed E-state index contributed by atoms with van der Waals surface area (Å²) in [5.41, 5.74) is 3.13. The van der Waals surface area contributed by atoms with E-state index in [1.165, 1.54) is 36.8 Å². The summed E-state index contributed by atoms with van der Waals surface area (Å²) in [4.78, 5) is 0. The monoisotopic (exact) mass is 287 g/mol. The van der Waals surface area contributed by atoms with Crippen LogP contribution in [0.25, 0.3) is 0 Å². The lowest BCUT2D eigenvalue weighted by atomic mass is 9.75. The van der Waals surface area contributed by atoms with Crippen LogP contribution >= 0.6 is 0 Å². The quantitative estimate of drug-likeness (QED) is 0.886. The fourth-order valence-electron chi connectivity index (χ4n) is 3.95. The van der Waals surface area contributed by atoms with Crippen molar-refractivity contribution in [3.8, 4) is 5.75 Å². The number of rotatable bonds is 3. The highest BCUT2D eigenvalue weighted by molar-refractivity contribution is 5.45. The normalized spacial score (nSPS) is 26.2. The van der Waals surface area contributed by atoms with Crippen molar-refractivity contribution < 1.29 is 4.74 Å². The van der Waals surface area contributed by atoms with Gasteiger partial charge in [-0.15, -0.1) is 0 Å². The summed E-state index contributed by atoms with van der Waals surface area (Å²) in [6.07, 6.45) is 6.33. The average Bonchev–Trinajstić information content (AvgIpc) is 2.69. The first-order valence-electron chi connectivity index (χ1n) is 8.38. The second kappa shape index (κ2) is 5.31. The molecule has 21 heavy (non-hydrogen) atoms. The molecular formula is C19H29NO. The Morgan fingerprint density at radius 2 is 2.05 bits per heavy atom. The maximum atomic E-state index is 6.17. The second-order valence-corrected chi connectivity index (χ2v) is 8.28. The minimum Gasteiger partial charge on any atom is -0.487 e. The van der Waals surface area contributed by atoms with Crippen molar-refractivity contribution in [3.63, 3.8) is 0 Å². The molecule has 2 nitrogen and oxygen atoms in total. The molecule has 0 bridgehead atoms. The number of para-hydroxylation sites is 1. The Morgan fingerprint density at radius 1 is 1.24 bits per heavy atom. The number of benzene rings is 1. The van der Waals surface area contributed by atoms with Gasteiger partial charge < -0.3 is 10.1 Å². The second-order valence-electron chi connectivity index (χ2n) is 8.28. The van der Waals surface area contributed by atoms with E-state index in [1.54, 1.807) is 0 Å². The van der Waals surface area contributed by atoms with E-state index in [-0.39, 0.29) is 5.60 Å². The molecule has 2 heteroatoms. The van der Waals surface area contributed by atoms with Crippen LogP contribution in [0, 0.1) is 5.41 Å². The highest BCUT2D eigenvalue weighted by Crippen LogP contribution is 2.38. The van der Waals surface area contributed by atoms with Gasteiger partial charge in [0.1, 0.15) is 11.4 Å². The lowest BCUT2D eigenvalue weighted by Gasteiger charge is -2.35. The van der Waals surface area contributed by atoms with Crippen molar-refractivity contribution in [1.82, 2.24) is 5.32 Å². The number of hydrogen-bond donors (Lipinski definition) is 1. The number of ether oxygens (including phenoxy) is 1. The molecule has 1 unspecified atom stereocenters. The van der Waals surface area contributed by atoms with Crippen LogP contribution < -0.4 is 10.1 Å². The predicted octanol–water partition coefficient (Wildman–Crippen LogP) is 4.46. The van der Waals surface area contributed by atoms with Gasteiger partial charge in [0.2, 0.25) is 0 Å². The molecule has 3 rings (SSSR count). The molecule has 2 aliphatic rings. The fraction of sp³-hybridized carbons (Fsp3) is 0.684. The molecule has 1 aliphatic carbocycles. The van der Waals surface area contributed by atoms with Gasteiger partial charge in [-0.3, -0.25) is 0 Å². The van der Waals surface area contributed by atoms with Gasteiger partial charge in [-0.1, -0.05) is 38.5 Å². The van der Waals surface area contributed by atoms with Gasteiger partial charge in [0.25, 0.3) is 0 Å². The minimum absolute atomic E-state index is 0.0503. The number of fused-ring (bicyclic) bond motifs is 1. The van der Waals surface area contributed by atoms with E-state index in [1.807, 2.05) is 0 Å². The third kappa shape index (κ3) is 3.42. The first-order chi connectivity index (χ1) is 9.85. The summed E-state index contributed by atoms with van der Waals surface area (Å²) in [5, 5.41) is 3.77. The summed E-state index contributed by atoms with van der Waals surface area (Å²) in [6, 6.07) is 7.24. The Hall–Kier alpha value is -1.02. The molecule has 1 atom stereocenters. The molecule has 1 N–H and O–H groups in total. The van der Waals surface area contributed by atoms with Crippen LogP contribution in [0.2, 0.25) is 0 Å². The third-order valence-corrected chi connectivity index (χ3v) is 4.96. The maximum absolute atomic E-state index is 6.17. The molecule has 116 valence electrons. The molecule has 1 aliphatic heterocycles. The van der Waals surface area contributed by atoms with E-state index in [4.69, 9.17) is 4.74 Å². The molecule has 0 spiro atoms. The smallest absolute Gasteiger partial charge is 0.127 e. The van der Waals surface area contributed by atoms with Crippen molar-refractivity contribution in [1.29, 1.82) is 0 Å². The molecule has 0 amide bonds. The summed E-state index contributed by atoms with van der Waals surface area (Å²) in [7, 11) is 0. The Kier molecular flexibility index (Phi) is 3.77. The summed E-state index contributed by atoms with van der Waals surface area (Å²) in [5.74, 6) is 1.13. The van der Waals surface area contributed by atoms with Crippen LogP contribution in [-0.4, -0.2) is 11.6 Å². The van der Waals surface area contributed by atoms with Crippen LogP contribution in [0.4, 0.5) is 0 Å². The van der Waals surface area contributed by atoms with Gasteiger partial charge in [-0.2, -0.15) is 0 Å². The van der Waals surface area contributed by atoms with Crippen LogP contribution in [0.1, 0.15) is 64.5 Å². The Balaban J connectivity index is 1.66. The van der Waals surface area contributed by atoms with E-state index in [0.29, 0.717) is 11.5 Å². The summed E-state index contributed by atoms with van der Waals surface area (Å²) < 4.78 is 6.17. The van der Waals surface area contributed by atoms with E-state index in [0.717, 1.165) is 18.7 Å². The van der Waals surface area contributed by atoms with Crippen molar-refractivity contribution in [2.24, 2.45) is 5.41 Å². The average molecular weight is 287 g/mol. The van der Waals surface area contributed by atoms with Gasteiger partial charge >= 0.3 is 0 Å². The predicted molar refractivity (Wildman–Crippen MR) is 87.7 cm³/mol. The zero-order valence-electron chi connectivity index (χ0n) is 14.0. The number of hydrogen-bond acceptors (Lipinski definition) is 2. The largest absolute Gasteiger partial charge is 0.487 e. The van der Waals surface area contributed by atoms with E-state index in [2.05, 4.69) is 51.2 Å². The topological polar surface area (TPSA) is 21.3 Å². The standard InChI is InChI=1S/C19H29NO/c1-18(2)10-6-9-16(12-18)20-13-15-8-5-7-14-11-19(3,4)21-17(14)15/h5,7-8,16,20H,6,9-13H2,1-4H3. The van der Waals surface area contributed by atoms with Crippen LogP contribution in [0.15, 0.2) is 18.2 Å². The van der Waals surface area contributed by atoms with Crippen molar-refractivity contribution in [3.05, 3.63) is 29.3 Å². The Morgan fingerprint density at radius 3 is 2.81 bits per heavy atom. The van der Waals surface area contributed by atoms with Gasteiger partial charge in [0, 0.05) is 24.6 Å². The van der Waals surface area contributed by atoms with Crippen LogP contribution in [0.5, 0.6) is 5.75 Å². The fourth-order valence-corrected chi connectivity index (χ4v) is 3.95. The van der Waals surface area contributed by atoms with Gasteiger partial charge in [0.15, 0.2) is 0 Å². The molecule has 1 aromatic carbocycles. The molecule has 1 fully saturated rings. The lowest BCUT2D eigenvalue weighted by Crippen LogP contribution is -2.37. The Labute approximate surface area is 129 Å². The van der Waals surface area contributed by atoms with Gasteiger partial charge in [-0.05, 0) is 44.1 Å². The van der Waals surface area contributed by atoms with Crippen LogP contribution in [0.3, 0.4) is 0 Å². The van der Waals surface area contributed by atoms with Crippen molar-refractivity contribution in [2.75, 3.05) is 0 Å². The Bertz CT molecular complexity index is 518. The molecular weight excluding hydrogens is 258 g/mol. The molecule has 1 saturated carbocycles. The van der Waals surface area contributed by atoms with E-state index >= 15 is 0 Å². The van der Waals surface area contributed by atoms with Crippen molar-refractivity contribution >= 4 is 0 Å². The zero-order chi connectivity index (χ0) is 15.1. The minimum atomic E-state index is -0.0503. The first-order valence-corrected chi connectivity index (χ1v) is 8.38. The summed E-state index contributed by atoms with van der Waals surface area (Å²) >= 11 is 0. The highest BCUT2D eigenvalue weighted by Gasteiger charge is 2.32. The molecule has 0 saturated heterocycles. The van der Waals surface area contributed by atoms with Gasteiger partial charge in [-0.25, -0.2) is 0 Å². The highest BCUT2D eigenvalue weighted by atomic mass is 16.5. The molecule has 1 heterocycles. The SMILES string of the molecule is CC1(C)CCCC(NCc2cccc3c2OC(C)(C)C3)C1. The summed E-state index contributed by atoms with van der Waals surface area (Å²) in [6.45, 7) is 10.1. The zero-order valence-corrected chi connectivity index (χ0v) is 14.0. The number of nitrogens with one attached hydrogen (secondary N) is 1. The molecule has 1 aromatic rings. The molecule has 0 aromatic heterocycles. The van der Waals surface area contributed by atoms with E-state index < -0.39 is 0 Å². The van der Waals surface area contributed by atoms with Crippen LogP contribution in [-0.2, 0) is 13.0 Å².